The van der Waals surface area contributed by atoms with Crippen LogP contribution in [0.3, 0.4) is 0 Å². The fourth-order valence-corrected chi connectivity index (χ4v) is 3.67. The molecule has 0 amide bonds. The van der Waals surface area contributed by atoms with Gasteiger partial charge in [0.2, 0.25) is 11.7 Å². The molecule has 1 aromatic carbocycles. The van der Waals surface area contributed by atoms with Gasteiger partial charge in [-0.3, -0.25) is 9.88 Å². The molecule has 0 saturated carbocycles. The first kappa shape index (κ1) is 18.2. The molecule has 0 saturated heterocycles. The molecule has 0 spiro atoms. The number of carboxylic acid groups (broad SMARTS) is 1. The third-order valence-corrected chi connectivity index (χ3v) is 5.25. The van der Waals surface area contributed by atoms with E-state index in [1.165, 1.54) is 0 Å². The molecule has 2 N–H and O–H groups in total. The Balaban J connectivity index is 1.44. The molecule has 1 aliphatic rings. The number of benzene rings is 1. The van der Waals surface area contributed by atoms with Crippen molar-refractivity contribution < 1.29 is 14.4 Å². The van der Waals surface area contributed by atoms with Gasteiger partial charge in [0.1, 0.15) is 0 Å². The van der Waals surface area contributed by atoms with Crippen molar-refractivity contribution in [2.75, 3.05) is 0 Å². The van der Waals surface area contributed by atoms with Gasteiger partial charge in [-0.05, 0) is 29.8 Å². The summed E-state index contributed by atoms with van der Waals surface area (Å²) in [5.41, 5.74) is 4.15. The monoisotopic (exact) mass is 402 g/mol. The standard InChI is InChI=1S/C21H18N6O3/c28-21(29)15-3-1-13(2-4-15)10-27-11-17-16(23-12-24-17)9-18(27)20-25-19(26-30-20)14-5-7-22-8-6-14/h1-8,12,18H,9-11H2,(H,23,24)(H,28,29). The van der Waals surface area contributed by atoms with E-state index in [2.05, 4.69) is 30.0 Å². The van der Waals surface area contributed by atoms with E-state index in [4.69, 9.17) is 9.63 Å². The van der Waals surface area contributed by atoms with Gasteiger partial charge in [-0.1, -0.05) is 17.3 Å². The number of hydrogen-bond acceptors (Lipinski definition) is 7. The first-order valence-electron chi connectivity index (χ1n) is 9.49. The van der Waals surface area contributed by atoms with E-state index in [9.17, 15) is 4.79 Å². The van der Waals surface area contributed by atoms with Crippen LogP contribution in [0, 0.1) is 0 Å². The molecule has 1 unspecified atom stereocenters. The Kier molecular flexibility index (Phi) is 4.56. The summed E-state index contributed by atoms with van der Waals surface area (Å²) >= 11 is 0. The summed E-state index contributed by atoms with van der Waals surface area (Å²) in [7, 11) is 0. The minimum atomic E-state index is -0.936. The Morgan fingerprint density at radius 3 is 2.77 bits per heavy atom. The van der Waals surface area contributed by atoms with Gasteiger partial charge in [0.05, 0.1) is 29.3 Å². The summed E-state index contributed by atoms with van der Waals surface area (Å²) in [6, 6.07) is 10.4. The number of rotatable bonds is 5. The van der Waals surface area contributed by atoms with Crippen molar-refractivity contribution in [1.29, 1.82) is 0 Å². The Labute approximate surface area is 171 Å². The first-order valence-corrected chi connectivity index (χ1v) is 9.49. The molecule has 3 aromatic heterocycles. The van der Waals surface area contributed by atoms with Crippen LogP contribution in [-0.2, 0) is 19.5 Å². The minimum Gasteiger partial charge on any atom is -0.478 e. The van der Waals surface area contributed by atoms with Gasteiger partial charge in [-0.15, -0.1) is 0 Å². The molecule has 1 atom stereocenters. The van der Waals surface area contributed by atoms with Gasteiger partial charge in [-0.2, -0.15) is 4.98 Å². The van der Waals surface area contributed by atoms with Crippen molar-refractivity contribution >= 4 is 5.97 Å². The Hall–Kier alpha value is -3.85. The average Bonchev–Trinajstić information content (AvgIpc) is 3.43. The number of H-pyrrole nitrogens is 1. The lowest BCUT2D eigenvalue weighted by Crippen LogP contribution is -2.34. The molecular weight excluding hydrogens is 384 g/mol. The lowest BCUT2D eigenvalue weighted by atomic mass is 10.0. The van der Waals surface area contributed by atoms with Crippen LogP contribution in [0.2, 0.25) is 0 Å². The zero-order chi connectivity index (χ0) is 20.5. The van der Waals surface area contributed by atoms with Crippen LogP contribution in [0.25, 0.3) is 11.4 Å². The molecule has 150 valence electrons. The van der Waals surface area contributed by atoms with Crippen LogP contribution in [0.15, 0.2) is 59.6 Å². The smallest absolute Gasteiger partial charge is 0.335 e. The van der Waals surface area contributed by atoms with Crippen LogP contribution < -0.4 is 0 Å². The minimum absolute atomic E-state index is 0.136. The summed E-state index contributed by atoms with van der Waals surface area (Å²) in [6.45, 7) is 1.25. The van der Waals surface area contributed by atoms with Crippen molar-refractivity contribution in [3.63, 3.8) is 0 Å². The maximum atomic E-state index is 11.1. The number of imidazole rings is 1. The number of pyridine rings is 1. The summed E-state index contributed by atoms with van der Waals surface area (Å²) in [6.07, 6.45) is 5.72. The second kappa shape index (κ2) is 7.53. The van der Waals surface area contributed by atoms with Crippen molar-refractivity contribution in [3.8, 4) is 11.4 Å². The highest BCUT2D eigenvalue weighted by molar-refractivity contribution is 5.87. The Morgan fingerprint density at radius 2 is 2.00 bits per heavy atom. The fourth-order valence-electron chi connectivity index (χ4n) is 3.67. The van der Waals surface area contributed by atoms with Crippen LogP contribution in [0.4, 0.5) is 0 Å². The van der Waals surface area contributed by atoms with Crippen LogP contribution in [0.1, 0.15) is 39.2 Å². The van der Waals surface area contributed by atoms with E-state index in [0.717, 1.165) is 22.5 Å². The molecule has 1 aliphatic heterocycles. The molecule has 0 fully saturated rings. The van der Waals surface area contributed by atoms with E-state index < -0.39 is 5.97 Å². The molecule has 0 bridgehead atoms. The van der Waals surface area contributed by atoms with Gasteiger partial charge in [0.15, 0.2) is 0 Å². The number of aromatic carboxylic acids is 1. The van der Waals surface area contributed by atoms with Crippen molar-refractivity contribution in [3.05, 3.63) is 83.5 Å². The number of carbonyl (C=O) groups is 1. The number of aromatic nitrogens is 5. The predicted molar refractivity (Wildman–Crippen MR) is 105 cm³/mol. The summed E-state index contributed by atoms with van der Waals surface area (Å²) < 4.78 is 5.63. The van der Waals surface area contributed by atoms with Crippen molar-refractivity contribution in [2.45, 2.75) is 25.6 Å². The van der Waals surface area contributed by atoms with Crippen molar-refractivity contribution in [2.24, 2.45) is 0 Å². The molecule has 9 nitrogen and oxygen atoms in total. The second-order valence-electron chi connectivity index (χ2n) is 7.15. The lowest BCUT2D eigenvalue weighted by molar-refractivity contribution is 0.0697. The Bertz CT molecular complexity index is 1170. The number of nitrogens with zero attached hydrogens (tertiary/aromatic N) is 5. The summed E-state index contributed by atoms with van der Waals surface area (Å²) in [5.74, 6) is 0.109. The number of aromatic amines is 1. The normalized spacial score (nSPS) is 16.3. The van der Waals surface area contributed by atoms with E-state index in [1.54, 1.807) is 30.9 Å². The third-order valence-electron chi connectivity index (χ3n) is 5.25. The number of fused-ring (bicyclic) bond motifs is 1. The van der Waals surface area contributed by atoms with Gasteiger partial charge in [0.25, 0.3) is 0 Å². The van der Waals surface area contributed by atoms with E-state index in [1.807, 2.05) is 24.3 Å². The molecule has 4 aromatic rings. The van der Waals surface area contributed by atoms with Crippen LogP contribution in [0.5, 0.6) is 0 Å². The van der Waals surface area contributed by atoms with Crippen LogP contribution in [-0.4, -0.2) is 41.1 Å². The number of carboxylic acids is 1. The first-order chi connectivity index (χ1) is 14.7. The Morgan fingerprint density at radius 1 is 1.20 bits per heavy atom. The van der Waals surface area contributed by atoms with Crippen LogP contribution >= 0.6 is 0 Å². The SMILES string of the molecule is O=C(O)c1ccc(CN2Cc3[nH]cnc3CC2c2nc(-c3ccncc3)no2)cc1. The zero-order valence-corrected chi connectivity index (χ0v) is 15.9. The molecule has 0 radical (unpaired) electrons. The predicted octanol–water partition coefficient (Wildman–Crippen LogP) is 2.85. The van der Waals surface area contributed by atoms with Gasteiger partial charge < -0.3 is 14.6 Å². The highest BCUT2D eigenvalue weighted by Gasteiger charge is 2.33. The van der Waals surface area contributed by atoms with Gasteiger partial charge >= 0.3 is 5.97 Å². The lowest BCUT2D eigenvalue weighted by Gasteiger charge is -2.32. The summed E-state index contributed by atoms with van der Waals surface area (Å²) in [5, 5.41) is 13.3. The van der Waals surface area contributed by atoms with E-state index >= 15 is 0 Å². The largest absolute Gasteiger partial charge is 0.478 e. The van der Waals surface area contributed by atoms with Gasteiger partial charge in [-0.25, -0.2) is 9.78 Å². The van der Waals surface area contributed by atoms with Gasteiger partial charge in [0, 0.05) is 37.5 Å². The fraction of sp³-hybridized carbons (Fsp3) is 0.190. The maximum Gasteiger partial charge on any atom is 0.335 e. The average molecular weight is 402 g/mol. The number of hydrogen-bond donors (Lipinski definition) is 2. The van der Waals surface area contributed by atoms with Crippen molar-refractivity contribution in [1.82, 2.24) is 30.0 Å². The molecule has 5 rings (SSSR count). The topological polar surface area (TPSA) is 121 Å². The van der Waals surface area contributed by atoms with E-state index in [-0.39, 0.29) is 11.6 Å². The number of nitrogens with one attached hydrogen (secondary N) is 1. The second-order valence-corrected chi connectivity index (χ2v) is 7.15. The maximum absolute atomic E-state index is 11.1. The molecule has 9 heteroatoms. The molecule has 4 heterocycles. The quantitative estimate of drug-likeness (QED) is 0.523. The molecule has 0 aliphatic carbocycles. The highest BCUT2D eigenvalue weighted by Crippen LogP contribution is 2.33. The highest BCUT2D eigenvalue weighted by atomic mass is 16.5. The molecular formula is C21H18N6O3. The third kappa shape index (κ3) is 3.46. The zero-order valence-electron chi connectivity index (χ0n) is 15.9. The van der Waals surface area contributed by atoms with E-state index in [0.29, 0.717) is 31.2 Å². The molecule has 30 heavy (non-hydrogen) atoms. The summed E-state index contributed by atoms with van der Waals surface area (Å²) in [4.78, 5) is 29.6.